The van der Waals surface area contributed by atoms with Gasteiger partial charge in [-0.05, 0) is 31.3 Å². The van der Waals surface area contributed by atoms with Crippen LogP contribution in [0.15, 0.2) is 22.5 Å². The first-order valence-corrected chi connectivity index (χ1v) is 6.27. The number of rotatable bonds is 4. The molecule has 2 unspecified atom stereocenters. The highest BCUT2D eigenvalue weighted by Crippen LogP contribution is 2.54. The molecule has 0 aromatic carbocycles. The zero-order chi connectivity index (χ0) is 11.0. The van der Waals surface area contributed by atoms with Crippen LogP contribution in [0.1, 0.15) is 46.5 Å². The van der Waals surface area contributed by atoms with Crippen molar-refractivity contribution in [3.63, 3.8) is 0 Å². The third kappa shape index (κ3) is 1.36. The van der Waals surface area contributed by atoms with Gasteiger partial charge in [0.05, 0.1) is 7.11 Å². The molecule has 15 heavy (non-hydrogen) atoms. The Morgan fingerprint density at radius 1 is 0.933 bits per heavy atom. The van der Waals surface area contributed by atoms with Crippen LogP contribution in [0.2, 0.25) is 0 Å². The predicted octanol–water partition coefficient (Wildman–Crippen LogP) is 4.06. The SMILES string of the molecule is CCC1=C(CC)C2CC1C(CC)=C2OC. The maximum atomic E-state index is 5.62. The zero-order valence-corrected chi connectivity index (χ0v) is 10.4. The average molecular weight is 206 g/mol. The van der Waals surface area contributed by atoms with Gasteiger partial charge >= 0.3 is 0 Å². The first-order chi connectivity index (χ1) is 7.28. The Morgan fingerprint density at radius 2 is 1.47 bits per heavy atom. The quantitative estimate of drug-likeness (QED) is 0.630. The highest BCUT2D eigenvalue weighted by molar-refractivity contribution is 5.44. The zero-order valence-electron chi connectivity index (χ0n) is 10.4. The fraction of sp³-hybridized carbons (Fsp3) is 0.714. The smallest absolute Gasteiger partial charge is 0.102 e. The maximum absolute atomic E-state index is 5.62. The molecule has 0 spiro atoms. The van der Waals surface area contributed by atoms with Crippen LogP contribution in [0.4, 0.5) is 0 Å². The molecule has 0 aromatic heterocycles. The molecule has 84 valence electrons. The van der Waals surface area contributed by atoms with E-state index in [4.69, 9.17) is 4.74 Å². The molecule has 2 rings (SSSR count). The molecule has 1 heteroatoms. The van der Waals surface area contributed by atoms with E-state index in [9.17, 15) is 0 Å². The van der Waals surface area contributed by atoms with Crippen LogP contribution < -0.4 is 0 Å². The minimum absolute atomic E-state index is 0.634. The Morgan fingerprint density at radius 3 is 1.93 bits per heavy atom. The summed E-state index contributed by atoms with van der Waals surface area (Å²) in [6.07, 6.45) is 4.89. The van der Waals surface area contributed by atoms with Crippen LogP contribution in [0.25, 0.3) is 0 Å². The molecule has 2 atom stereocenters. The second kappa shape index (κ2) is 4.03. The van der Waals surface area contributed by atoms with E-state index in [1.54, 1.807) is 16.7 Å². The highest BCUT2D eigenvalue weighted by atomic mass is 16.5. The lowest BCUT2D eigenvalue weighted by Gasteiger charge is -2.23. The number of methoxy groups -OCH3 is 1. The summed E-state index contributed by atoms with van der Waals surface area (Å²) < 4.78 is 5.62. The Labute approximate surface area is 93.2 Å². The van der Waals surface area contributed by atoms with Crippen molar-refractivity contribution in [3.8, 4) is 0 Å². The molecule has 0 N–H and O–H groups in total. The van der Waals surface area contributed by atoms with Gasteiger partial charge in [0, 0.05) is 11.8 Å². The lowest BCUT2D eigenvalue weighted by Crippen LogP contribution is -2.09. The molecule has 0 saturated heterocycles. The molecule has 0 aromatic rings. The van der Waals surface area contributed by atoms with Crippen molar-refractivity contribution in [2.45, 2.75) is 46.5 Å². The summed E-state index contributed by atoms with van der Waals surface area (Å²) in [6, 6.07) is 0. The lowest BCUT2D eigenvalue weighted by molar-refractivity contribution is 0.255. The largest absolute Gasteiger partial charge is 0.500 e. The summed E-state index contributed by atoms with van der Waals surface area (Å²) in [7, 11) is 1.84. The van der Waals surface area contributed by atoms with Gasteiger partial charge in [-0.25, -0.2) is 0 Å². The van der Waals surface area contributed by atoms with Crippen molar-refractivity contribution in [1.29, 1.82) is 0 Å². The Hall–Kier alpha value is -0.720. The predicted molar refractivity (Wildman–Crippen MR) is 63.5 cm³/mol. The van der Waals surface area contributed by atoms with Crippen LogP contribution in [0.3, 0.4) is 0 Å². The van der Waals surface area contributed by atoms with E-state index in [1.807, 2.05) is 7.11 Å². The fourth-order valence-corrected chi connectivity index (χ4v) is 3.62. The summed E-state index contributed by atoms with van der Waals surface area (Å²) >= 11 is 0. The maximum Gasteiger partial charge on any atom is 0.102 e. The van der Waals surface area contributed by atoms with E-state index in [1.165, 1.54) is 25.0 Å². The summed E-state index contributed by atoms with van der Waals surface area (Å²) in [6.45, 7) is 6.84. The Balaban J connectivity index is 2.37. The van der Waals surface area contributed by atoms with Gasteiger partial charge in [-0.2, -0.15) is 0 Å². The van der Waals surface area contributed by atoms with Crippen LogP contribution in [0.5, 0.6) is 0 Å². The number of hydrogen-bond donors (Lipinski definition) is 0. The molecule has 1 nitrogen and oxygen atoms in total. The number of ether oxygens (including phenoxy) is 1. The van der Waals surface area contributed by atoms with E-state index >= 15 is 0 Å². The fourth-order valence-electron chi connectivity index (χ4n) is 3.62. The standard InChI is InChI=1S/C14H22O/c1-5-9-10(6-2)13-8-12(9)11(7-3)14(13)15-4/h12-13H,5-8H2,1-4H3. The molecule has 2 aliphatic rings. The van der Waals surface area contributed by atoms with E-state index in [2.05, 4.69) is 20.8 Å². The van der Waals surface area contributed by atoms with Gasteiger partial charge in [0.1, 0.15) is 5.76 Å². The summed E-state index contributed by atoms with van der Waals surface area (Å²) in [5.74, 6) is 2.67. The molecule has 0 fully saturated rings. The van der Waals surface area contributed by atoms with Crippen LogP contribution >= 0.6 is 0 Å². The van der Waals surface area contributed by atoms with E-state index < -0.39 is 0 Å². The first kappa shape index (κ1) is 10.8. The molecule has 0 saturated carbocycles. The second-order valence-electron chi connectivity index (χ2n) is 4.55. The average Bonchev–Trinajstić information content (AvgIpc) is 2.80. The third-order valence-electron chi connectivity index (χ3n) is 4.14. The van der Waals surface area contributed by atoms with Crippen molar-refractivity contribution >= 4 is 0 Å². The van der Waals surface area contributed by atoms with Crippen molar-refractivity contribution in [2.24, 2.45) is 11.8 Å². The van der Waals surface area contributed by atoms with Crippen molar-refractivity contribution in [1.82, 2.24) is 0 Å². The molecule has 2 aliphatic carbocycles. The number of allylic oxidation sites excluding steroid dienone is 3. The minimum Gasteiger partial charge on any atom is -0.500 e. The van der Waals surface area contributed by atoms with Crippen molar-refractivity contribution in [3.05, 3.63) is 22.5 Å². The van der Waals surface area contributed by atoms with E-state index in [0.717, 1.165) is 12.3 Å². The number of fused-ring (bicyclic) bond motifs is 2. The molecular formula is C14H22O. The van der Waals surface area contributed by atoms with Crippen LogP contribution in [-0.2, 0) is 4.74 Å². The summed E-state index contributed by atoms with van der Waals surface area (Å²) in [5, 5.41) is 0. The third-order valence-corrected chi connectivity index (χ3v) is 4.14. The van der Waals surface area contributed by atoms with Crippen molar-refractivity contribution in [2.75, 3.05) is 7.11 Å². The Bertz CT molecular complexity index is 262. The minimum atomic E-state index is 0.634. The van der Waals surface area contributed by atoms with E-state index in [0.29, 0.717) is 5.92 Å². The van der Waals surface area contributed by atoms with Crippen LogP contribution in [-0.4, -0.2) is 7.11 Å². The normalized spacial score (nSPS) is 29.3. The molecule has 0 amide bonds. The van der Waals surface area contributed by atoms with Gasteiger partial charge < -0.3 is 4.74 Å². The van der Waals surface area contributed by atoms with Gasteiger partial charge in [-0.3, -0.25) is 0 Å². The van der Waals surface area contributed by atoms with Gasteiger partial charge in [-0.15, -0.1) is 0 Å². The molecule has 2 bridgehead atoms. The van der Waals surface area contributed by atoms with Gasteiger partial charge in [-0.1, -0.05) is 31.9 Å². The van der Waals surface area contributed by atoms with Gasteiger partial charge in [0.15, 0.2) is 0 Å². The molecular weight excluding hydrogens is 184 g/mol. The molecule has 0 radical (unpaired) electrons. The molecule has 0 heterocycles. The highest BCUT2D eigenvalue weighted by Gasteiger charge is 2.43. The lowest BCUT2D eigenvalue weighted by atomic mass is 9.86. The summed E-state index contributed by atoms with van der Waals surface area (Å²) in [4.78, 5) is 0. The first-order valence-electron chi connectivity index (χ1n) is 6.27. The topological polar surface area (TPSA) is 9.23 Å². The van der Waals surface area contributed by atoms with Gasteiger partial charge in [0.2, 0.25) is 0 Å². The van der Waals surface area contributed by atoms with Gasteiger partial charge in [0.25, 0.3) is 0 Å². The van der Waals surface area contributed by atoms with E-state index in [-0.39, 0.29) is 0 Å². The summed E-state index contributed by atoms with van der Waals surface area (Å²) in [5.41, 5.74) is 4.98. The number of hydrogen-bond acceptors (Lipinski definition) is 1. The van der Waals surface area contributed by atoms with Crippen LogP contribution in [0, 0.1) is 11.8 Å². The molecule has 0 aliphatic heterocycles. The Kier molecular flexibility index (Phi) is 2.90. The monoisotopic (exact) mass is 206 g/mol. The van der Waals surface area contributed by atoms with Crippen molar-refractivity contribution < 1.29 is 4.74 Å². The second-order valence-corrected chi connectivity index (χ2v) is 4.55.